The summed E-state index contributed by atoms with van der Waals surface area (Å²) in [6, 6.07) is 13.5. The maximum absolute atomic E-state index is 12.1. The molecule has 0 heterocycles. The maximum atomic E-state index is 12.1. The average molecular weight is 341 g/mol. The van der Waals surface area contributed by atoms with Crippen molar-refractivity contribution >= 4 is 11.6 Å². The van der Waals surface area contributed by atoms with Gasteiger partial charge in [0.25, 0.3) is 5.91 Å². The third kappa shape index (κ3) is 6.87. The largest absolute Gasteiger partial charge is 0.508 e. The summed E-state index contributed by atoms with van der Waals surface area (Å²) in [6.07, 6.45) is 7.46. The van der Waals surface area contributed by atoms with Crippen molar-refractivity contribution in [1.29, 1.82) is 0 Å². The van der Waals surface area contributed by atoms with Crippen LogP contribution in [0.3, 0.4) is 0 Å². The van der Waals surface area contributed by atoms with Gasteiger partial charge in [-0.2, -0.15) is 0 Å². The second kappa shape index (κ2) is 10.4. The molecular formula is C21H27NO3. The van der Waals surface area contributed by atoms with Gasteiger partial charge in [-0.1, -0.05) is 39.0 Å². The number of amides is 1. The molecule has 2 aromatic carbocycles. The Hall–Kier alpha value is -2.49. The van der Waals surface area contributed by atoms with Gasteiger partial charge in [0.15, 0.2) is 0 Å². The van der Waals surface area contributed by atoms with E-state index in [1.54, 1.807) is 12.1 Å². The molecule has 0 saturated carbocycles. The van der Waals surface area contributed by atoms with Crippen molar-refractivity contribution in [3.05, 3.63) is 54.1 Å². The molecule has 0 unspecified atom stereocenters. The number of benzene rings is 2. The molecule has 1 amide bonds. The second-order valence-electron chi connectivity index (χ2n) is 6.14. The summed E-state index contributed by atoms with van der Waals surface area (Å²) in [7, 11) is 0. The van der Waals surface area contributed by atoms with E-state index < -0.39 is 0 Å². The van der Waals surface area contributed by atoms with Crippen LogP contribution in [0.25, 0.3) is 0 Å². The van der Waals surface area contributed by atoms with Gasteiger partial charge >= 0.3 is 0 Å². The van der Waals surface area contributed by atoms with E-state index in [4.69, 9.17) is 4.74 Å². The number of hydrogen-bond acceptors (Lipinski definition) is 3. The minimum atomic E-state index is -0.208. The molecule has 2 rings (SSSR count). The minimum absolute atomic E-state index is 0.142. The van der Waals surface area contributed by atoms with Gasteiger partial charge in [0, 0.05) is 11.3 Å². The van der Waals surface area contributed by atoms with E-state index in [-0.39, 0.29) is 11.7 Å². The molecule has 0 aromatic heterocycles. The topological polar surface area (TPSA) is 58.6 Å². The van der Waals surface area contributed by atoms with Crippen molar-refractivity contribution in [1.82, 2.24) is 0 Å². The summed E-state index contributed by atoms with van der Waals surface area (Å²) in [5, 5.41) is 12.1. The van der Waals surface area contributed by atoms with E-state index in [0.717, 1.165) is 18.8 Å². The molecule has 4 heteroatoms. The normalized spacial score (nSPS) is 10.4. The number of aromatic hydroxyl groups is 1. The highest BCUT2D eigenvalue weighted by Crippen LogP contribution is 2.18. The van der Waals surface area contributed by atoms with E-state index in [9.17, 15) is 9.90 Å². The van der Waals surface area contributed by atoms with Crippen molar-refractivity contribution in [2.24, 2.45) is 0 Å². The van der Waals surface area contributed by atoms with Crippen molar-refractivity contribution < 1.29 is 14.6 Å². The zero-order valence-electron chi connectivity index (χ0n) is 14.8. The van der Waals surface area contributed by atoms with Crippen molar-refractivity contribution in [2.75, 3.05) is 11.9 Å². The standard InChI is InChI=1S/C21H27NO3/c1-2-3-4-5-6-7-16-25-20-14-10-18(11-15-20)22-21(24)17-8-12-19(23)13-9-17/h8-15,23H,2-7,16H2,1H3,(H,22,24). The second-order valence-corrected chi connectivity index (χ2v) is 6.14. The highest BCUT2D eigenvalue weighted by molar-refractivity contribution is 6.04. The zero-order valence-corrected chi connectivity index (χ0v) is 14.8. The first-order valence-electron chi connectivity index (χ1n) is 9.02. The lowest BCUT2D eigenvalue weighted by atomic mass is 10.1. The molecule has 0 saturated heterocycles. The molecule has 2 aromatic rings. The Morgan fingerprint density at radius 3 is 2.24 bits per heavy atom. The summed E-state index contributed by atoms with van der Waals surface area (Å²) >= 11 is 0. The summed E-state index contributed by atoms with van der Waals surface area (Å²) < 4.78 is 5.73. The van der Waals surface area contributed by atoms with Crippen molar-refractivity contribution in [2.45, 2.75) is 45.4 Å². The predicted octanol–water partition coefficient (Wildman–Crippen LogP) is 5.38. The Kier molecular flexibility index (Phi) is 7.83. The van der Waals surface area contributed by atoms with Crippen molar-refractivity contribution in [3.63, 3.8) is 0 Å². The van der Waals surface area contributed by atoms with Crippen LogP contribution in [0.1, 0.15) is 55.8 Å². The summed E-state index contributed by atoms with van der Waals surface area (Å²) in [6.45, 7) is 2.95. The Labute approximate surface area is 149 Å². The number of carbonyl (C=O) groups is 1. The third-order valence-electron chi connectivity index (χ3n) is 4.01. The van der Waals surface area contributed by atoms with Crippen LogP contribution in [0, 0.1) is 0 Å². The number of nitrogens with one attached hydrogen (secondary N) is 1. The maximum Gasteiger partial charge on any atom is 0.255 e. The molecule has 2 N–H and O–H groups in total. The van der Waals surface area contributed by atoms with Gasteiger partial charge in [0.1, 0.15) is 11.5 Å². The number of phenolic OH excluding ortho intramolecular Hbond substituents is 1. The molecule has 0 aliphatic heterocycles. The fourth-order valence-electron chi connectivity index (χ4n) is 2.52. The monoisotopic (exact) mass is 341 g/mol. The Morgan fingerprint density at radius 1 is 0.920 bits per heavy atom. The van der Waals surface area contributed by atoms with Gasteiger partial charge in [0.2, 0.25) is 0 Å². The van der Waals surface area contributed by atoms with Gasteiger partial charge in [0.05, 0.1) is 6.61 Å². The van der Waals surface area contributed by atoms with E-state index in [2.05, 4.69) is 12.2 Å². The zero-order chi connectivity index (χ0) is 17.9. The Bertz CT molecular complexity index is 635. The molecule has 0 bridgehead atoms. The number of anilines is 1. The van der Waals surface area contributed by atoms with Gasteiger partial charge in [-0.15, -0.1) is 0 Å². The van der Waals surface area contributed by atoms with Crippen LogP contribution in [-0.2, 0) is 0 Å². The van der Waals surface area contributed by atoms with Gasteiger partial charge < -0.3 is 15.2 Å². The number of carbonyl (C=O) groups excluding carboxylic acids is 1. The van der Waals surface area contributed by atoms with Gasteiger partial charge in [-0.3, -0.25) is 4.79 Å². The molecule has 0 atom stereocenters. The number of phenols is 1. The van der Waals surface area contributed by atoms with Crippen LogP contribution < -0.4 is 10.1 Å². The number of hydrogen-bond donors (Lipinski definition) is 2. The number of rotatable bonds is 10. The quantitative estimate of drug-likeness (QED) is 0.570. The van der Waals surface area contributed by atoms with Crippen LogP contribution in [0.4, 0.5) is 5.69 Å². The lowest BCUT2D eigenvalue weighted by molar-refractivity contribution is 0.102. The SMILES string of the molecule is CCCCCCCCOc1ccc(NC(=O)c2ccc(O)cc2)cc1. The van der Waals surface area contributed by atoms with Crippen LogP contribution in [0.2, 0.25) is 0 Å². The van der Waals surface area contributed by atoms with Crippen LogP contribution in [0.15, 0.2) is 48.5 Å². The smallest absolute Gasteiger partial charge is 0.255 e. The van der Waals surface area contributed by atoms with Gasteiger partial charge in [-0.25, -0.2) is 0 Å². The molecule has 134 valence electrons. The lowest BCUT2D eigenvalue weighted by Gasteiger charge is -2.08. The third-order valence-corrected chi connectivity index (χ3v) is 4.01. The Morgan fingerprint density at radius 2 is 1.56 bits per heavy atom. The molecule has 0 aliphatic carbocycles. The molecule has 0 fully saturated rings. The fourth-order valence-corrected chi connectivity index (χ4v) is 2.52. The summed E-state index contributed by atoms with van der Waals surface area (Å²) in [5.74, 6) is 0.750. The molecule has 4 nitrogen and oxygen atoms in total. The number of ether oxygens (including phenoxy) is 1. The summed E-state index contributed by atoms with van der Waals surface area (Å²) in [4.78, 5) is 12.1. The van der Waals surface area contributed by atoms with E-state index in [1.165, 1.54) is 44.2 Å². The highest BCUT2D eigenvalue weighted by atomic mass is 16.5. The molecule has 0 aliphatic rings. The lowest BCUT2D eigenvalue weighted by Crippen LogP contribution is -2.11. The van der Waals surface area contributed by atoms with E-state index in [0.29, 0.717) is 11.3 Å². The van der Waals surface area contributed by atoms with E-state index in [1.807, 2.05) is 24.3 Å². The molecule has 25 heavy (non-hydrogen) atoms. The predicted molar refractivity (Wildman–Crippen MR) is 101 cm³/mol. The average Bonchev–Trinajstić information content (AvgIpc) is 2.63. The molecule has 0 radical (unpaired) electrons. The van der Waals surface area contributed by atoms with E-state index >= 15 is 0 Å². The van der Waals surface area contributed by atoms with Crippen LogP contribution >= 0.6 is 0 Å². The molecular weight excluding hydrogens is 314 g/mol. The highest BCUT2D eigenvalue weighted by Gasteiger charge is 2.06. The first kappa shape index (κ1) is 18.8. The first-order chi connectivity index (χ1) is 12.2. The first-order valence-corrected chi connectivity index (χ1v) is 9.02. The summed E-state index contributed by atoms with van der Waals surface area (Å²) in [5.41, 5.74) is 1.21. The Balaban J connectivity index is 1.72. The minimum Gasteiger partial charge on any atom is -0.508 e. The molecule has 0 spiro atoms. The van der Waals surface area contributed by atoms with Gasteiger partial charge in [-0.05, 0) is 55.0 Å². The van der Waals surface area contributed by atoms with Crippen LogP contribution in [-0.4, -0.2) is 17.6 Å². The fraction of sp³-hybridized carbons (Fsp3) is 0.381. The number of unbranched alkanes of at least 4 members (excludes halogenated alkanes) is 5. The van der Waals surface area contributed by atoms with Crippen molar-refractivity contribution in [3.8, 4) is 11.5 Å². The van der Waals surface area contributed by atoms with Crippen LogP contribution in [0.5, 0.6) is 11.5 Å².